The summed E-state index contributed by atoms with van der Waals surface area (Å²) in [5, 5.41) is 4.33. The number of rotatable bonds is 12. The van der Waals surface area contributed by atoms with E-state index in [9.17, 15) is 4.79 Å². The Morgan fingerprint density at radius 2 is 1.68 bits per heavy atom. The summed E-state index contributed by atoms with van der Waals surface area (Å²) in [5.74, 6) is 2.30. The van der Waals surface area contributed by atoms with Gasteiger partial charge in [0.1, 0.15) is 17.3 Å². The molecule has 0 bridgehead atoms. The molecule has 4 aromatic rings. The first-order valence-electron chi connectivity index (χ1n) is 12.4. The molecule has 0 aliphatic carbocycles. The van der Waals surface area contributed by atoms with E-state index in [4.69, 9.17) is 37.7 Å². The van der Waals surface area contributed by atoms with Crippen molar-refractivity contribution in [3.63, 3.8) is 0 Å². The summed E-state index contributed by atoms with van der Waals surface area (Å²) < 4.78 is 13.7. The van der Waals surface area contributed by atoms with Crippen LogP contribution in [-0.2, 0) is 17.8 Å². The molecule has 0 aliphatic rings. The number of para-hydroxylation sites is 2. The van der Waals surface area contributed by atoms with Gasteiger partial charge in [-0.05, 0) is 86.3 Å². The van der Waals surface area contributed by atoms with Gasteiger partial charge in [-0.2, -0.15) is 0 Å². The van der Waals surface area contributed by atoms with Gasteiger partial charge in [-0.25, -0.2) is 4.98 Å². The number of nitrogens with zero attached hydrogens (tertiary/aromatic N) is 2. The highest BCUT2D eigenvalue weighted by Crippen LogP contribution is 2.26. The number of aryl methyl sites for hydroxylation is 4. The van der Waals surface area contributed by atoms with Crippen molar-refractivity contribution in [3.05, 3.63) is 87.7 Å². The molecule has 1 aromatic heterocycles. The zero-order valence-corrected chi connectivity index (χ0v) is 22.6. The minimum Gasteiger partial charge on any atom is -0.494 e. The molecular formula is C29H31Cl2N3O3. The smallest absolute Gasteiger partial charge is 0.257 e. The molecule has 1 amide bonds. The van der Waals surface area contributed by atoms with E-state index in [1.54, 1.807) is 24.3 Å². The van der Waals surface area contributed by atoms with Crippen molar-refractivity contribution in [1.82, 2.24) is 14.9 Å². The summed E-state index contributed by atoms with van der Waals surface area (Å²) in [6.45, 7) is 5.87. The number of carbonyl (C=O) groups excluding carboxylic acids is 1. The van der Waals surface area contributed by atoms with E-state index in [1.165, 1.54) is 0 Å². The predicted molar refractivity (Wildman–Crippen MR) is 149 cm³/mol. The van der Waals surface area contributed by atoms with Crippen LogP contribution in [0, 0.1) is 13.8 Å². The van der Waals surface area contributed by atoms with Crippen LogP contribution in [0.3, 0.4) is 0 Å². The van der Waals surface area contributed by atoms with E-state index >= 15 is 0 Å². The fourth-order valence-electron chi connectivity index (χ4n) is 4.17. The monoisotopic (exact) mass is 539 g/mol. The molecule has 0 aliphatic heterocycles. The minimum absolute atomic E-state index is 0.0349. The molecule has 0 unspecified atom stereocenters. The maximum Gasteiger partial charge on any atom is 0.257 e. The molecule has 3 aromatic carbocycles. The van der Waals surface area contributed by atoms with Gasteiger partial charge in [0.05, 0.1) is 17.6 Å². The Kier molecular flexibility index (Phi) is 9.31. The van der Waals surface area contributed by atoms with Crippen LogP contribution >= 0.6 is 23.2 Å². The molecule has 1 heterocycles. The fraction of sp³-hybridized carbons (Fsp3) is 0.310. The lowest BCUT2D eigenvalue weighted by Crippen LogP contribution is -2.30. The predicted octanol–water partition coefficient (Wildman–Crippen LogP) is 6.56. The number of aromatic nitrogens is 2. The van der Waals surface area contributed by atoms with Gasteiger partial charge in [0.2, 0.25) is 0 Å². The van der Waals surface area contributed by atoms with Crippen LogP contribution in [0.4, 0.5) is 0 Å². The second-order valence-electron chi connectivity index (χ2n) is 8.94. The first-order valence-corrected chi connectivity index (χ1v) is 13.1. The van der Waals surface area contributed by atoms with Crippen LogP contribution in [0.25, 0.3) is 11.0 Å². The maximum atomic E-state index is 12.2. The van der Waals surface area contributed by atoms with Crippen molar-refractivity contribution in [2.45, 2.75) is 39.7 Å². The Bertz CT molecular complexity index is 1330. The Balaban J connectivity index is 1.27. The summed E-state index contributed by atoms with van der Waals surface area (Å²) in [7, 11) is 0. The number of carbonyl (C=O) groups is 1. The third-order valence-electron chi connectivity index (χ3n) is 6.02. The molecule has 194 valence electrons. The number of imidazole rings is 1. The Morgan fingerprint density at radius 3 is 2.43 bits per heavy atom. The topological polar surface area (TPSA) is 65.4 Å². The number of amides is 1. The second-order valence-corrected chi connectivity index (χ2v) is 9.75. The van der Waals surface area contributed by atoms with E-state index in [1.807, 2.05) is 44.2 Å². The standard InChI is InChI=1S/C29H31Cl2N3O3/c1-20-17-24(18-21(2)29(20)31)36-16-6-15-34-26-8-4-3-7-25(26)33-27(34)9-5-14-32-28(35)19-37-23-12-10-22(30)11-13-23/h3-4,7-8,10-13,17-18H,5-6,9,14-16,19H2,1-2H3,(H,32,35). The molecule has 4 rings (SSSR count). The maximum absolute atomic E-state index is 12.2. The number of nitrogens with one attached hydrogen (secondary N) is 1. The highest BCUT2D eigenvalue weighted by molar-refractivity contribution is 6.32. The third-order valence-corrected chi connectivity index (χ3v) is 6.87. The van der Waals surface area contributed by atoms with Crippen LogP contribution in [-0.4, -0.2) is 35.2 Å². The van der Waals surface area contributed by atoms with Crippen LogP contribution in [0.1, 0.15) is 29.8 Å². The Morgan fingerprint density at radius 1 is 0.946 bits per heavy atom. The van der Waals surface area contributed by atoms with Crippen molar-refractivity contribution in [3.8, 4) is 11.5 Å². The normalized spacial score (nSPS) is 11.0. The summed E-state index contributed by atoms with van der Waals surface area (Å²) in [5.41, 5.74) is 4.12. The molecule has 1 N–H and O–H groups in total. The summed E-state index contributed by atoms with van der Waals surface area (Å²) in [4.78, 5) is 17.0. The van der Waals surface area contributed by atoms with Crippen molar-refractivity contribution >= 4 is 40.1 Å². The summed E-state index contributed by atoms with van der Waals surface area (Å²) in [6.07, 6.45) is 2.37. The molecule has 37 heavy (non-hydrogen) atoms. The Hall–Kier alpha value is -3.22. The second kappa shape index (κ2) is 12.8. The molecule has 0 saturated carbocycles. The van der Waals surface area contributed by atoms with Gasteiger partial charge in [-0.1, -0.05) is 35.3 Å². The van der Waals surface area contributed by atoms with Gasteiger partial charge in [0, 0.05) is 29.6 Å². The van der Waals surface area contributed by atoms with E-state index in [2.05, 4.69) is 16.0 Å². The first-order chi connectivity index (χ1) is 17.9. The van der Waals surface area contributed by atoms with Gasteiger partial charge >= 0.3 is 0 Å². The van der Waals surface area contributed by atoms with E-state index in [0.29, 0.717) is 23.9 Å². The van der Waals surface area contributed by atoms with Crippen molar-refractivity contribution in [1.29, 1.82) is 0 Å². The molecular weight excluding hydrogens is 509 g/mol. The van der Waals surface area contributed by atoms with E-state index in [-0.39, 0.29) is 12.5 Å². The SMILES string of the molecule is Cc1cc(OCCCn2c(CCCNC(=O)COc3ccc(Cl)cc3)nc3ccccc32)cc(C)c1Cl. The Labute approximate surface area is 227 Å². The number of fused-ring (bicyclic) bond motifs is 1. The van der Waals surface area contributed by atoms with Gasteiger partial charge in [0.15, 0.2) is 6.61 Å². The lowest BCUT2D eigenvalue weighted by atomic mass is 10.1. The van der Waals surface area contributed by atoms with Crippen molar-refractivity contribution in [2.24, 2.45) is 0 Å². The molecule has 0 fully saturated rings. The van der Waals surface area contributed by atoms with Crippen LogP contribution in [0.2, 0.25) is 10.0 Å². The fourth-order valence-corrected chi connectivity index (χ4v) is 4.41. The lowest BCUT2D eigenvalue weighted by Gasteiger charge is -2.12. The molecule has 8 heteroatoms. The summed E-state index contributed by atoms with van der Waals surface area (Å²) in [6, 6.07) is 19.0. The van der Waals surface area contributed by atoms with E-state index < -0.39 is 0 Å². The summed E-state index contributed by atoms with van der Waals surface area (Å²) >= 11 is 12.1. The van der Waals surface area contributed by atoms with Gasteiger partial charge < -0.3 is 19.4 Å². The molecule has 0 saturated heterocycles. The lowest BCUT2D eigenvalue weighted by molar-refractivity contribution is -0.123. The molecule has 0 atom stereocenters. The minimum atomic E-state index is -0.159. The first kappa shape index (κ1) is 26.8. The van der Waals surface area contributed by atoms with Gasteiger partial charge in [-0.15, -0.1) is 0 Å². The average Bonchev–Trinajstić information content (AvgIpc) is 3.24. The van der Waals surface area contributed by atoms with E-state index in [0.717, 1.165) is 64.6 Å². The number of hydrogen-bond donors (Lipinski definition) is 1. The van der Waals surface area contributed by atoms with Crippen LogP contribution < -0.4 is 14.8 Å². The third kappa shape index (κ3) is 7.40. The van der Waals surface area contributed by atoms with Gasteiger partial charge in [-0.3, -0.25) is 4.79 Å². The molecule has 6 nitrogen and oxygen atoms in total. The highest BCUT2D eigenvalue weighted by Gasteiger charge is 2.11. The zero-order chi connectivity index (χ0) is 26.2. The van der Waals surface area contributed by atoms with Crippen molar-refractivity contribution < 1.29 is 14.3 Å². The number of ether oxygens (including phenoxy) is 2. The molecule has 0 radical (unpaired) electrons. The highest BCUT2D eigenvalue weighted by atomic mass is 35.5. The molecule has 0 spiro atoms. The van der Waals surface area contributed by atoms with Crippen LogP contribution in [0.5, 0.6) is 11.5 Å². The number of hydrogen-bond acceptors (Lipinski definition) is 4. The number of benzene rings is 3. The number of halogens is 2. The van der Waals surface area contributed by atoms with Crippen LogP contribution in [0.15, 0.2) is 60.7 Å². The van der Waals surface area contributed by atoms with Crippen molar-refractivity contribution in [2.75, 3.05) is 19.8 Å². The van der Waals surface area contributed by atoms with Gasteiger partial charge in [0.25, 0.3) is 5.91 Å². The zero-order valence-electron chi connectivity index (χ0n) is 21.1. The quantitative estimate of drug-likeness (QED) is 0.207. The largest absolute Gasteiger partial charge is 0.494 e. The average molecular weight is 540 g/mol.